The summed E-state index contributed by atoms with van der Waals surface area (Å²) in [4.78, 5) is 0. The van der Waals surface area contributed by atoms with Gasteiger partial charge in [-0.05, 0) is 19.8 Å². The van der Waals surface area contributed by atoms with Crippen LogP contribution in [-0.2, 0) is 4.74 Å². The molecule has 0 N–H and O–H groups in total. The van der Waals surface area contributed by atoms with Gasteiger partial charge < -0.3 is 4.74 Å². The molecule has 0 saturated heterocycles. The van der Waals surface area contributed by atoms with Crippen LogP contribution in [-0.4, -0.2) is 29.0 Å². The zero-order valence-corrected chi connectivity index (χ0v) is 11.8. The third-order valence-electron chi connectivity index (χ3n) is 2.00. The van der Waals surface area contributed by atoms with E-state index >= 15 is 0 Å². The Kier molecular flexibility index (Phi) is 7.87. The predicted octanol–water partition coefficient (Wildman–Crippen LogP) is 2.49. The molecule has 0 aliphatic rings. The van der Waals surface area contributed by atoms with Crippen LogP contribution in [0, 0.1) is 0 Å². The zero-order chi connectivity index (χ0) is 11.7. The Hall–Kier alpha value is -0.223. The van der Waals surface area contributed by atoms with Gasteiger partial charge in [-0.25, -0.2) is 8.78 Å². The topological polar surface area (TPSA) is 9.23 Å². The Balaban J connectivity index is 3.09. The lowest BCUT2D eigenvalue weighted by Crippen LogP contribution is -2.14. The molecule has 0 spiro atoms. The normalized spacial score (nSPS) is 11.9. The van der Waals surface area contributed by atoms with Gasteiger partial charge in [-0.15, -0.1) is 0 Å². The van der Waals surface area contributed by atoms with Gasteiger partial charge in [0.05, 0.1) is 16.8 Å². The summed E-state index contributed by atoms with van der Waals surface area (Å²) in [6.45, 7) is 6.97. The van der Waals surface area contributed by atoms with E-state index < -0.39 is 5.55 Å². The Labute approximate surface area is 94.3 Å². The third-order valence-corrected chi connectivity index (χ3v) is 2.50. The van der Waals surface area contributed by atoms with Crippen molar-refractivity contribution in [2.45, 2.75) is 44.6 Å². The first-order valence-corrected chi connectivity index (χ1v) is 6.52. The van der Waals surface area contributed by atoms with Gasteiger partial charge in [0.2, 0.25) is 5.55 Å². The predicted molar refractivity (Wildman–Crippen MR) is 63.6 cm³/mol. The largest absolute Gasteiger partial charge is 0.377 e. The molecule has 0 aromatic carbocycles. The highest BCUT2D eigenvalue weighted by Crippen LogP contribution is 2.17. The van der Waals surface area contributed by atoms with Crippen molar-refractivity contribution < 1.29 is 13.5 Å². The Morgan fingerprint density at radius 1 is 1.27 bits per heavy atom. The summed E-state index contributed by atoms with van der Waals surface area (Å²) in [5.74, 6) is 0. The number of alkyl halides is 2. The summed E-state index contributed by atoms with van der Waals surface area (Å²) in [6.07, 6.45) is 3.52. The van der Waals surface area contributed by atoms with E-state index in [-0.39, 0.29) is 16.7 Å². The molecule has 1 nitrogen and oxygen atoms in total. The second-order valence-corrected chi connectivity index (χ2v) is 5.71. The van der Waals surface area contributed by atoms with E-state index in [4.69, 9.17) is 4.74 Å². The van der Waals surface area contributed by atoms with Gasteiger partial charge in [0.25, 0.3) is 0 Å². The number of unbranched alkanes of at least 4 members (excludes halogenated alkanes) is 3. The van der Waals surface area contributed by atoms with E-state index in [1.54, 1.807) is 0 Å². The minimum absolute atomic E-state index is 0.0216. The summed E-state index contributed by atoms with van der Waals surface area (Å²) in [5.41, 5.74) is -1.35. The molecule has 0 fully saturated rings. The summed E-state index contributed by atoms with van der Waals surface area (Å²) in [5, 5.41) is 0. The van der Waals surface area contributed by atoms with Crippen LogP contribution in [0.2, 0.25) is 0 Å². The van der Waals surface area contributed by atoms with E-state index in [2.05, 4.69) is 6.58 Å². The number of hydrogen-bond donors (Lipinski definition) is 0. The molecule has 0 atom stereocenters. The van der Waals surface area contributed by atoms with Gasteiger partial charge in [-0.3, -0.25) is 0 Å². The van der Waals surface area contributed by atoms with Crippen molar-refractivity contribution >= 4 is 10.2 Å². The average Bonchev–Trinajstić information content (AvgIpc) is 2.07. The van der Waals surface area contributed by atoms with E-state index in [9.17, 15) is 8.78 Å². The van der Waals surface area contributed by atoms with Crippen LogP contribution < -0.4 is 0 Å². The molecule has 4 heteroatoms. The molecule has 0 saturated carbocycles. The molecule has 0 amide bonds. The lowest BCUT2D eigenvalue weighted by molar-refractivity contribution is 0.0814. The fourth-order valence-electron chi connectivity index (χ4n) is 1.24. The van der Waals surface area contributed by atoms with Gasteiger partial charge in [-0.2, -0.15) is 0 Å². The van der Waals surface area contributed by atoms with Crippen LogP contribution in [0.25, 0.3) is 0 Å². The van der Waals surface area contributed by atoms with Crippen molar-refractivity contribution in [2.75, 3.05) is 13.2 Å². The number of hydrogen-bond acceptors (Lipinski definition) is 1. The number of halogens is 2. The molecule has 90 valence electrons. The Morgan fingerprint density at radius 2 is 1.87 bits per heavy atom. The molecule has 0 aromatic rings. The molecular formula is C11H22F2OSi. The lowest BCUT2D eigenvalue weighted by atomic mass is 10.1. The fraction of sp³-hybridized carbons (Fsp3) is 0.818. The van der Waals surface area contributed by atoms with Gasteiger partial charge in [0.1, 0.15) is 0 Å². The van der Waals surface area contributed by atoms with Gasteiger partial charge in [0.15, 0.2) is 0 Å². The monoisotopic (exact) mass is 236 g/mol. The van der Waals surface area contributed by atoms with Crippen molar-refractivity contribution in [3.05, 3.63) is 12.2 Å². The van der Waals surface area contributed by atoms with Gasteiger partial charge in [0, 0.05) is 13.0 Å². The van der Waals surface area contributed by atoms with Crippen molar-refractivity contribution in [3.8, 4) is 0 Å². The molecule has 0 aliphatic heterocycles. The van der Waals surface area contributed by atoms with Crippen LogP contribution in [0.15, 0.2) is 12.2 Å². The van der Waals surface area contributed by atoms with Crippen LogP contribution in [0.4, 0.5) is 8.78 Å². The molecule has 0 aromatic heterocycles. The highest BCUT2D eigenvalue weighted by molar-refractivity contribution is 6.13. The second-order valence-electron chi connectivity index (χ2n) is 4.24. The minimum Gasteiger partial charge on any atom is -0.377 e. The first-order valence-electron chi connectivity index (χ1n) is 5.52. The Bertz CT molecular complexity index is 178. The first kappa shape index (κ1) is 14.8. The maximum absolute atomic E-state index is 12.5. The molecule has 0 radical (unpaired) electrons. The zero-order valence-electron chi connectivity index (χ0n) is 9.82. The van der Waals surface area contributed by atoms with Crippen molar-refractivity contribution in [3.63, 3.8) is 0 Å². The maximum Gasteiger partial charge on any atom is 0.219 e. The average molecular weight is 236 g/mol. The smallest absolute Gasteiger partial charge is 0.219 e. The quantitative estimate of drug-likeness (QED) is 0.339. The minimum atomic E-state index is -2.36. The van der Waals surface area contributed by atoms with Crippen molar-refractivity contribution in [1.29, 1.82) is 0 Å². The fourth-order valence-corrected chi connectivity index (χ4v) is 1.59. The molecule has 0 bridgehead atoms. The van der Waals surface area contributed by atoms with Crippen LogP contribution >= 0.6 is 0 Å². The van der Waals surface area contributed by atoms with Crippen LogP contribution in [0.5, 0.6) is 0 Å². The van der Waals surface area contributed by atoms with Crippen molar-refractivity contribution in [1.82, 2.24) is 0 Å². The first-order chi connectivity index (χ1) is 6.92. The van der Waals surface area contributed by atoms with Gasteiger partial charge in [-0.1, -0.05) is 25.0 Å². The van der Waals surface area contributed by atoms with Gasteiger partial charge >= 0.3 is 0 Å². The summed E-state index contributed by atoms with van der Waals surface area (Å²) < 4.78 is 30.2. The summed E-state index contributed by atoms with van der Waals surface area (Å²) in [6, 6.07) is 0. The van der Waals surface area contributed by atoms with E-state index in [1.807, 2.05) is 6.92 Å². The van der Waals surface area contributed by atoms with E-state index in [0.717, 1.165) is 24.8 Å². The van der Waals surface area contributed by atoms with Crippen molar-refractivity contribution in [2.24, 2.45) is 0 Å². The molecule has 0 unspecified atom stereocenters. The molecule has 0 heterocycles. The van der Waals surface area contributed by atoms with Crippen LogP contribution in [0.1, 0.15) is 39.0 Å². The SMILES string of the molecule is C=C(C)COCCCCCCC(F)(F)[SiH3]. The summed E-state index contributed by atoms with van der Waals surface area (Å²) >= 11 is 0. The lowest BCUT2D eigenvalue weighted by Gasteiger charge is -2.09. The number of ether oxygens (including phenoxy) is 1. The number of rotatable bonds is 9. The van der Waals surface area contributed by atoms with E-state index in [1.165, 1.54) is 0 Å². The third kappa shape index (κ3) is 13.8. The Morgan fingerprint density at radius 3 is 2.40 bits per heavy atom. The molecule has 0 aliphatic carbocycles. The second kappa shape index (κ2) is 7.99. The summed E-state index contributed by atoms with van der Waals surface area (Å²) in [7, 11) is -0.0216. The standard InChI is InChI=1S/C11H22F2OSi/c1-10(2)9-14-8-6-4-3-5-7-11(12,13)15/h1,3-9H2,2,15H3. The molecule has 15 heavy (non-hydrogen) atoms. The highest BCUT2D eigenvalue weighted by Gasteiger charge is 2.18. The van der Waals surface area contributed by atoms with Crippen LogP contribution in [0.3, 0.4) is 0 Å². The maximum atomic E-state index is 12.5. The highest BCUT2D eigenvalue weighted by atomic mass is 28.1. The molecular weight excluding hydrogens is 214 g/mol. The van der Waals surface area contributed by atoms with E-state index in [0.29, 0.717) is 19.6 Å². The molecule has 0 rings (SSSR count).